The number of hydrogen-bond donors (Lipinski definition) is 2. The average Bonchev–Trinajstić information content (AvgIpc) is 2.93. The van der Waals surface area contributed by atoms with E-state index in [2.05, 4.69) is 5.48 Å². The van der Waals surface area contributed by atoms with E-state index in [0.29, 0.717) is 43.4 Å². The van der Waals surface area contributed by atoms with Crippen molar-refractivity contribution in [3.8, 4) is 0 Å². The number of hydrogen-bond acceptors (Lipinski definition) is 7. The van der Waals surface area contributed by atoms with E-state index in [4.69, 9.17) is 14.3 Å². The molecule has 0 radical (unpaired) electrons. The lowest BCUT2D eigenvalue weighted by atomic mass is 10.2. The molecule has 4 rings (SSSR count). The third-order valence-corrected chi connectivity index (χ3v) is 5.73. The molecule has 1 heterocycles. The molecular weight excluding hydrogens is 465 g/mol. The normalized spacial score (nSPS) is 14.2. The predicted molar refractivity (Wildman–Crippen MR) is 135 cm³/mol. The monoisotopic (exact) mass is 495 g/mol. The van der Waals surface area contributed by atoms with Gasteiger partial charge in [-0.25, -0.2) is 9.18 Å². The number of carbonyl (C=O) groups is 1. The van der Waals surface area contributed by atoms with Gasteiger partial charge in [0.05, 0.1) is 43.4 Å². The fourth-order valence-electron chi connectivity index (χ4n) is 3.80. The highest BCUT2D eigenvalue weighted by Crippen LogP contribution is 2.27. The number of nitrogens with one attached hydrogen (secondary N) is 1. The SMILES string of the molecule is O=C(OCc1ccccc1)N(C[C@@H](CO)ONc1ccccc1)c1ccc(N2CCOCC2)c(F)c1. The first-order valence-electron chi connectivity index (χ1n) is 11.8. The molecule has 9 heteroatoms. The molecule has 1 aliphatic rings. The van der Waals surface area contributed by atoms with Crippen LogP contribution in [0.15, 0.2) is 78.9 Å². The van der Waals surface area contributed by atoms with Crippen LogP contribution in [-0.4, -0.2) is 56.8 Å². The summed E-state index contributed by atoms with van der Waals surface area (Å²) < 4.78 is 26.0. The van der Waals surface area contributed by atoms with Crippen LogP contribution >= 0.6 is 0 Å². The van der Waals surface area contributed by atoms with Gasteiger partial charge in [0.25, 0.3) is 0 Å². The molecule has 0 aliphatic carbocycles. The van der Waals surface area contributed by atoms with E-state index in [9.17, 15) is 9.90 Å². The van der Waals surface area contributed by atoms with Crippen molar-refractivity contribution >= 4 is 23.2 Å². The summed E-state index contributed by atoms with van der Waals surface area (Å²) in [5, 5.41) is 9.92. The first-order valence-corrected chi connectivity index (χ1v) is 11.8. The van der Waals surface area contributed by atoms with E-state index in [1.54, 1.807) is 24.3 Å². The standard InChI is InChI=1S/C27H30FN3O5/c28-25-17-23(11-12-26(25)30-13-15-34-16-14-30)31(27(33)35-20-21-7-3-1-4-8-21)18-24(19-32)36-29-22-9-5-2-6-10-22/h1-12,17,24,29,32H,13-16,18-20H2/t24-/m0/s1. The average molecular weight is 496 g/mol. The van der Waals surface area contributed by atoms with Gasteiger partial charge in [-0.05, 0) is 35.9 Å². The van der Waals surface area contributed by atoms with Crippen LogP contribution in [0.2, 0.25) is 0 Å². The number of nitrogens with zero attached hydrogens (tertiary/aromatic N) is 2. The maximum absolute atomic E-state index is 15.1. The first-order chi connectivity index (χ1) is 17.6. The van der Waals surface area contributed by atoms with Gasteiger partial charge in [-0.1, -0.05) is 48.5 Å². The number of anilines is 3. The molecule has 1 atom stereocenters. The molecule has 3 aromatic carbocycles. The van der Waals surface area contributed by atoms with Gasteiger partial charge in [0, 0.05) is 13.1 Å². The minimum Gasteiger partial charge on any atom is -0.444 e. The minimum atomic E-state index is -0.809. The quantitative estimate of drug-likeness (QED) is 0.408. The van der Waals surface area contributed by atoms with E-state index in [-0.39, 0.29) is 19.8 Å². The lowest BCUT2D eigenvalue weighted by Crippen LogP contribution is -2.41. The van der Waals surface area contributed by atoms with Crippen molar-refractivity contribution in [3.63, 3.8) is 0 Å². The zero-order valence-corrected chi connectivity index (χ0v) is 19.9. The Morgan fingerprint density at radius 1 is 1.06 bits per heavy atom. The molecule has 190 valence electrons. The molecule has 3 aromatic rings. The first kappa shape index (κ1) is 25.4. The van der Waals surface area contributed by atoms with Gasteiger partial charge >= 0.3 is 6.09 Å². The fourth-order valence-corrected chi connectivity index (χ4v) is 3.80. The lowest BCUT2D eigenvalue weighted by Gasteiger charge is -2.30. The van der Waals surface area contributed by atoms with E-state index >= 15 is 4.39 Å². The Morgan fingerprint density at radius 2 is 1.75 bits per heavy atom. The molecule has 2 N–H and O–H groups in total. The second kappa shape index (κ2) is 12.9. The predicted octanol–water partition coefficient (Wildman–Crippen LogP) is 4.21. The van der Waals surface area contributed by atoms with Crippen LogP contribution in [-0.2, 0) is 20.9 Å². The molecule has 8 nitrogen and oxygen atoms in total. The zero-order chi connectivity index (χ0) is 25.2. The molecule has 1 amide bonds. The summed E-state index contributed by atoms with van der Waals surface area (Å²) in [5.74, 6) is -0.459. The van der Waals surface area contributed by atoms with E-state index < -0.39 is 18.0 Å². The molecular formula is C27H30FN3O5. The van der Waals surface area contributed by atoms with Crippen LogP contribution in [0.25, 0.3) is 0 Å². The number of morpholine rings is 1. The molecule has 1 saturated heterocycles. The van der Waals surface area contributed by atoms with E-state index in [0.717, 1.165) is 5.56 Å². The maximum atomic E-state index is 15.1. The second-order valence-corrected chi connectivity index (χ2v) is 8.28. The summed E-state index contributed by atoms with van der Waals surface area (Å²) in [6, 6.07) is 23.0. The van der Waals surface area contributed by atoms with Crippen molar-refractivity contribution < 1.29 is 28.6 Å². The van der Waals surface area contributed by atoms with Crippen molar-refractivity contribution in [2.45, 2.75) is 12.7 Å². The van der Waals surface area contributed by atoms with Gasteiger partial charge in [0.2, 0.25) is 0 Å². The van der Waals surface area contributed by atoms with Gasteiger partial charge in [-0.15, -0.1) is 0 Å². The summed E-state index contributed by atoms with van der Waals surface area (Å²) >= 11 is 0. The number of para-hydroxylation sites is 1. The van der Waals surface area contributed by atoms with Crippen LogP contribution in [0.3, 0.4) is 0 Å². The largest absolute Gasteiger partial charge is 0.444 e. The summed E-state index contributed by atoms with van der Waals surface area (Å²) in [6.45, 7) is 1.84. The number of aliphatic hydroxyl groups is 1. The molecule has 36 heavy (non-hydrogen) atoms. The van der Waals surface area contributed by atoms with Crippen molar-refractivity contribution in [3.05, 3.63) is 90.2 Å². The minimum absolute atomic E-state index is 0.0530. The topological polar surface area (TPSA) is 83.5 Å². The van der Waals surface area contributed by atoms with Gasteiger partial charge in [0.15, 0.2) is 0 Å². The molecule has 0 spiro atoms. The number of ether oxygens (including phenoxy) is 2. The molecule has 0 unspecified atom stereocenters. The highest BCUT2D eigenvalue weighted by atomic mass is 19.1. The van der Waals surface area contributed by atoms with Gasteiger partial charge in [-0.3, -0.25) is 15.2 Å². The number of carbonyl (C=O) groups excluding carboxylic acids is 1. The summed E-state index contributed by atoms with van der Waals surface area (Å²) in [7, 11) is 0. The molecule has 0 aromatic heterocycles. The second-order valence-electron chi connectivity index (χ2n) is 8.28. The highest BCUT2D eigenvalue weighted by Gasteiger charge is 2.25. The van der Waals surface area contributed by atoms with Crippen molar-refractivity contribution in [2.75, 3.05) is 54.7 Å². The van der Waals surface area contributed by atoms with Crippen molar-refractivity contribution in [1.82, 2.24) is 0 Å². The number of rotatable bonds is 10. The molecule has 0 bridgehead atoms. The highest BCUT2D eigenvalue weighted by molar-refractivity contribution is 5.88. The fraction of sp³-hybridized carbons (Fsp3) is 0.296. The number of benzene rings is 3. The Morgan fingerprint density at radius 3 is 2.42 bits per heavy atom. The Balaban J connectivity index is 1.51. The van der Waals surface area contributed by atoms with E-state index in [1.165, 1.54) is 11.0 Å². The summed E-state index contributed by atoms with van der Waals surface area (Å²) in [5.41, 5.74) is 5.03. The van der Waals surface area contributed by atoms with Gasteiger partial charge < -0.3 is 19.5 Å². The van der Waals surface area contributed by atoms with Crippen LogP contribution in [0.4, 0.5) is 26.2 Å². The molecule has 1 aliphatic heterocycles. The molecule has 1 fully saturated rings. The number of aliphatic hydroxyl groups excluding tert-OH is 1. The maximum Gasteiger partial charge on any atom is 0.414 e. The Bertz CT molecular complexity index is 1100. The smallest absolute Gasteiger partial charge is 0.414 e. The van der Waals surface area contributed by atoms with E-state index in [1.807, 2.05) is 53.4 Å². The van der Waals surface area contributed by atoms with Crippen molar-refractivity contribution in [1.29, 1.82) is 0 Å². The Labute approximate surface area is 209 Å². The van der Waals surface area contributed by atoms with Crippen LogP contribution < -0.4 is 15.3 Å². The Hall–Kier alpha value is -3.66. The lowest BCUT2D eigenvalue weighted by molar-refractivity contribution is 0.0505. The third kappa shape index (κ3) is 6.94. The third-order valence-electron chi connectivity index (χ3n) is 5.73. The van der Waals surface area contributed by atoms with Crippen molar-refractivity contribution in [2.24, 2.45) is 0 Å². The zero-order valence-electron chi connectivity index (χ0n) is 19.9. The summed E-state index contributed by atoms with van der Waals surface area (Å²) in [6.07, 6.45) is -1.49. The van der Waals surface area contributed by atoms with Gasteiger partial charge in [0.1, 0.15) is 18.5 Å². The van der Waals surface area contributed by atoms with Crippen LogP contribution in [0.5, 0.6) is 0 Å². The number of halogens is 1. The summed E-state index contributed by atoms with van der Waals surface area (Å²) in [4.78, 5) is 21.9. The molecule has 0 saturated carbocycles. The van der Waals surface area contributed by atoms with Crippen LogP contribution in [0, 0.1) is 5.82 Å². The Kier molecular flexibility index (Phi) is 9.09. The van der Waals surface area contributed by atoms with Crippen LogP contribution in [0.1, 0.15) is 5.56 Å². The van der Waals surface area contributed by atoms with Gasteiger partial charge in [-0.2, -0.15) is 0 Å². The number of amides is 1.